The molecule has 0 bridgehead atoms. The molecule has 5 heteroatoms. The van der Waals surface area contributed by atoms with Crippen LogP contribution in [-0.4, -0.2) is 28.2 Å². The van der Waals surface area contributed by atoms with Gasteiger partial charge in [-0.1, -0.05) is 31.2 Å². The van der Waals surface area contributed by atoms with E-state index >= 15 is 0 Å². The molecule has 5 nitrogen and oxygen atoms in total. The Morgan fingerprint density at radius 1 is 1.11 bits per heavy atom. The van der Waals surface area contributed by atoms with Gasteiger partial charge < -0.3 is 15.2 Å². The summed E-state index contributed by atoms with van der Waals surface area (Å²) >= 11 is 0. The van der Waals surface area contributed by atoms with E-state index in [0.717, 1.165) is 41.4 Å². The van der Waals surface area contributed by atoms with Crippen LogP contribution in [0.15, 0.2) is 42.5 Å². The van der Waals surface area contributed by atoms with E-state index in [0.29, 0.717) is 18.7 Å². The van der Waals surface area contributed by atoms with E-state index in [-0.39, 0.29) is 11.8 Å². The van der Waals surface area contributed by atoms with Crippen molar-refractivity contribution in [3.8, 4) is 0 Å². The Bertz CT molecular complexity index is 1030. The predicted octanol–water partition coefficient (Wildman–Crippen LogP) is 3.56. The number of hydrogen-bond acceptors (Lipinski definition) is 2. The van der Waals surface area contributed by atoms with Crippen LogP contribution < -0.4 is 5.32 Å². The number of aromatic nitrogens is 1. The summed E-state index contributed by atoms with van der Waals surface area (Å²) in [5, 5.41) is 4.03. The van der Waals surface area contributed by atoms with Gasteiger partial charge in [0, 0.05) is 60.7 Å². The molecular formula is C23H25N3O2. The molecule has 0 fully saturated rings. The van der Waals surface area contributed by atoms with Crippen molar-refractivity contribution in [2.75, 3.05) is 6.54 Å². The Kier molecular flexibility index (Phi) is 4.90. The van der Waals surface area contributed by atoms with Crippen molar-refractivity contribution < 1.29 is 9.59 Å². The van der Waals surface area contributed by atoms with Crippen molar-refractivity contribution in [1.29, 1.82) is 0 Å². The SMILES string of the molecule is CCc1ccc(CNC(=O)c2ccc3[nH]c4c(c3c2)CN(C(C)=O)CC4)cc1. The zero-order chi connectivity index (χ0) is 19.7. The summed E-state index contributed by atoms with van der Waals surface area (Å²) in [4.78, 5) is 29.7. The number of benzene rings is 2. The van der Waals surface area contributed by atoms with Crippen LogP contribution in [0.2, 0.25) is 0 Å². The smallest absolute Gasteiger partial charge is 0.251 e. The fraction of sp³-hybridized carbons (Fsp3) is 0.304. The van der Waals surface area contributed by atoms with Crippen LogP contribution in [0.25, 0.3) is 10.9 Å². The fourth-order valence-electron chi connectivity index (χ4n) is 3.80. The Morgan fingerprint density at radius 2 is 1.86 bits per heavy atom. The van der Waals surface area contributed by atoms with Crippen molar-refractivity contribution in [3.05, 3.63) is 70.4 Å². The van der Waals surface area contributed by atoms with Gasteiger partial charge in [-0.25, -0.2) is 0 Å². The second-order valence-corrected chi connectivity index (χ2v) is 7.39. The first-order valence-corrected chi connectivity index (χ1v) is 9.80. The number of amides is 2. The number of aryl methyl sites for hydroxylation is 1. The minimum absolute atomic E-state index is 0.0861. The van der Waals surface area contributed by atoms with Gasteiger partial charge in [-0.3, -0.25) is 9.59 Å². The first kappa shape index (κ1) is 18.3. The van der Waals surface area contributed by atoms with Gasteiger partial charge in [0.1, 0.15) is 0 Å². The lowest BCUT2D eigenvalue weighted by atomic mass is 10.0. The van der Waals surface area contributed by atoms with E-state index in [1.807, 2.05) is 23.1 Å². The zero-order valence-corrected chi connectivity index (χ0v) is 16.3. The van der Waals surface area contributed by atoms with Crippen LogP contribution in [0, 0.1) is 0 Å². The molecule has 3 aromatic rings. The van der Waals surface area contributed by atoms with E-state index in [1.54, 1.807) is 6.92 Å². The Balaban J connectivity index is 1.53. The van der Waals surface area contributed by atoms with Crippen molar-refractivity contribution >= 4 is 22.7 Å². The molecule has 144 valence electrons. The second-order valence-electron chi connectivity index (χ2n) is 7.39. The Morgan fingerprint density at radius 3 is 2.57 bits per heavy atom. The molecule has 2 heterocycles. The van der Waals surface area contributed by atoms with Crippen LogP contribution in [0.3, 0.4) is 0 Å². The summed E-state index contributed by atoms with van der Waals surface area (Å²) in [6, 6.07) is 14.0. The predicted molar refractivity (Wildman–Crippen MR) is 110 cm³/mol. The monoisotopic (exact) mass is 375 g/mol. The number of hydrogen-bond donors (Lipinski definition) is 2. The number of nitrogens with zero attached hydrogens (tertiary/aromatic N) is 1. The van der Waals surface area contributed by atoms with Crippen LogP contribution in [0.4, 0.5) is 0 Å². The zero-order valence-electron chi connectivity index (χ0n) is 16.3. The van der Waals surface area contributed by atoms with E-state index in [4.69, 9.17) is 0 Å². The third-order valence-corrected chi connectivity index (χ3v) is 5.57. The molecule has 0 aliphatic carbocycles. The van der Waals surface area contributed by atoms with Gasteiger partial charge in [0.25, 0.3) is 5.91 Å². The van der Waals surface area contributed by atoms with Gasteiger partial charge in [0.05, 0.1) is 0 Å². The third kappa shape index (κ3) is 3.52. The molecule has 2 amide bonds. The lowest BCUT2D eigenvalue weighted by Gasteiger charge is -2.26. The minimum atomic E-state index is -0.0874. The summed E-state index contributed by atoms with van der Waals surface area (Å²) in [6.07, 6.45) is 1.83. The molecule has 0 spiro atoms. The van der Waals surface area contributed by atoms with Gasteiger partial charge in [-0.05, 0) is 35.7 Å². The van der Waals surface area contributed by atoms with E-state index in [1.165, 1.54) is 11.3 Å². The van der Waals surface area contributed by atoms with Gasteiger partial charge in [0.15, 0.2) is 0 Å². The molecule has 2 aromatic carbocycles. The molecule has 1 aliphatic heterocycles. The summed E-state index contributed by atoms with van der Waals surface area (Å²) < 4.78 is 0. The Labute approximate surface area is 164 Å². The maximum atomic E-state index is 12.7. The van der Waals surface area contributed by atoms with Crippen molar-refractivity contribution in [1.82, 2.24) is 15.2 Å². The average molecular weight is 375 g/mol. The van der Waals surface area contributed by atoms with Gasteiger partial charge in [-0.15, -0.1) is 0 Å². The lowest BCUT2D eigenvalue weighted by Crippen LogP contribution is -2.33. The van der Waals surface area contributed by atoms with E-state index in [2.05, 4.69) is 41.5 Å². The molecule has 1 aliphatic rings. The number of fused-ring (bicyclic) bond motifs is 3. The largest absolute Gasteiger partial charge is 0.358 e. The molecule has 4 rings (SSSR count). The van der Waals surface area contributed by atoms with Crippen LogP contribution >= 0.6 is 0 Å². The third-order valence-electron chi connectivity index (χ3n) is 5.57. The average Bonchev–Trinajstić information content (AvgIpc) is 3.09. The van der Waals surface area contributed by atoms with E-state index in [9.17, 15) is 9.59 Å². The highest BCUT2D eigenvalue weighted by molar-refractivity contribution is 5.99. The molecule has 0 saturated carbocycles. The summed E-state index contributed by atoms with van der Waals surface area (Å²) in [7, 11) is 0. The van der Waals surface area contributed by atoms with Gasteiger partial charge in [0.2, 0.25) is 5.91 Å². The number of carbonyl (C=O) groups is 2. The standard InChI is InChI=1S/C23H25N3O2/c1-3-16-4-6-17(7-5-16)13-24-23(28)18-8-9-21-19(12-18)20-14-26(15(2)27)11-10-22(20)25-21/h4-9,12,25H,3,10-11,13-14H2,1-2H3,(H,24,28). The number of aromatic amines is 1. The highest BCUT2D eigenvalue weighted by atomic mass is 16.2. The summed E-state index contributed by atoms with van der Waals surface area (Å²) in [5.41, 5.74) is 6.32. The van der Waals surface area contributed by atoms with Gasteiger partial charge >= 0.3 is 0 Å². The number of carbonyl (C=O) groups excluding carboxylic acids is 2. The topological polar surface area (TPSA) is 65.2 Å². The molecule has 0 atom stereocenters. The first-order valence-electron chi connectivity index (χ1n) is 9.80. The summed E-state index contributed by atoms with van der Waals surface area (Å²) in [6.45, 7) is 5.57. The van der Waals surface area contributed by atoms with Crippen LogP contribution in [-0.2, 0) is 30.7 Å². The molecule has 0 saturated heterocycles. The molecular weight excluding hydrogens is 350 g/mol. The lowest BCUT2D eigenvalue weighted by molar-refractivity contribution is -0.129. The number of rotatable bonds is 4. The normalized spacial score (nSPS) is 13.4. The quantitative estimate of drug-likeness (QED) is 0.732. The second kappa shape index (κ2) is 7.50. The minimum Gasteiger partial charge on any atom is -0.358 e. The molecule has 2 N–H and O–H groups in total. The summed E-state index contributed by atoms with van der Waals surface area (Å²) in [5.74, 6) is -0.00126. The number of H-pyrrole nitrogens is 1. The highest BCUT2D eigenvalue weighted by Crippen LogP contribution is 2.28. The molecule has 28 heavy (non-hydrogen) atoms. The first-order chi connectivity index (χ1) is 13.5. The Hall–Kier alpha value is -3.08. The fourth-order valence-corrected chi connectivity index (χ4v) is 3.80. The van der Waals surface area contributed by atoms with Crippen LogP contribution in [0.5, 0.6) is 0 Å². The molecule has 1 aromatic heterocycles. The van der Waals surface area contributed by atoms with Crippen molar-refractivity contribution in [3.63, 3.8) is 0 Å². The van der Waals surface area contributed by atoms with Crippen LogP contribution in [0.1, 0.15) is 46.6 Å². The van der Waals surface area contributed by atoms with E-state index < -0.39 is 0 Å². The van der Waals surface area contributed by atoms with Gasteiger partial charge in [-0.2, -0.15) is 0 Å². The van der Waals surface area contributed by atoms with Crippen molar-refractivity contribution in [2.45, 2.75) is 39.8 Å². The molecule has 0 unspecified atom stereocenters. The molecule has 0 radical (unpaired) electrons. The maximum Gasteiger partial charge on any atom is 0.251 e. The van der Waals surface area contributed by atoms with Crippen molar-refractivity contribution in [2.24, 2.45) is 0 Å². The highest BCUT2D eigenvalue weighted by Gasteiger charge is 2.22. The number of nitrogens with one attached hydrogen (secondary N) is 2. The maximum absolute atomic E-state index is 12.7.